The van der Waals surface area contributed by atoms with E-state index in [1.807, 2.05) is 0 Å². The van der Waals surface area contributed by atoms with E-state index in [0.29, 0.717) is 0 Å². The summed E-state index contributed by atoms with van der Waals surface area (Å²) in [6.45, 7) is 6.63. The van der Waals surface area contributed by atoms with Crippen LogP contribution in [0.2, 0.25) is 0 Å². The first kappa shape index (κ1) is 14.9. The Labute approximate surface area is 106 Å². The Bertz CT molecular complexity index is 186. The van der Waals surface area contributed by atoms with Crippen LogP contribution in [0, 0.1) is 0 Å². The Balaban J connectivity index is 1.99. The molecule has 1 aliphatic rings. The number of hydrogen-bond acceptors (Lipinski definition) is 4. The lowest BCUT2D eigenvalue weighted by molar-refractivity contribution is -0.0987. The smallest absolute Gasteiger partial charge is 0.169 e. The van der Waals surface area contributed by atoms with Crippen molar-refractivity contribution >= 4 is 0 Å². The third-order valence-electron chi connectivity index (χ3n) is 3.58. The summed E-state index contributed by atoms with van der Waals surface area (Å²) in [6.07, 6.45) is 5.21. The van der Waals surface area contributed by atoms with E-state index in [2.05, 4.69) is 17.1 Å². The Morgan fingerprint density at radius 1 is 1.29 bits per heavy atom. The number of nitrogens with one attached hydrogen (secondary N) is 1. The zero-order chi connectivity index (χ0) is 12.5. The predicted octanol–water partition coefficient (Wildman–Crippen LogP) is 1.46. The first-order valence-electron chi connectivity index (χ1n) is 6.78. The van der Waals surface area contributed by atoms with Gasteiger partial charge in [0.05, 0.1) is 0 Å². The predicted molar refractivity (Wildman–Crippen MR) is 70.2 cm³/mol. The highest BCUT2D eigenvalue weighted by atomic mass is 16.7. The summed E-state index contributed by atoms with van der Waals surface area (Å²) >= 11 is 0. The Morgan fingerprint density at radius 3 is 2.71 bits per heavy atom. The molecule has 0 aromatic heterocycles. The van der Waals surface area contributed by atoms with Crippen LogP contribution in [0.1, 0.15) is 32.6 Å². The number of piperidine rings is 1. The number of nitrogens with zero attached hydrogens (tertiary/aromatic N) is 1. The second-order valence-electron chi connectivity index (χ2n) is 4.84. The van der Waals surface area contributed by atoms with Gasteiger partial charge in [-0.25, -0.2) is 0 Å². The average molecular weight is 244 g/mol. The molecule has 102 valence electrons. The molecule has 1 unspecified atom stereocenters. The fraction of sp³-hybridized carbons (Fsp3) is 1.00. The van der Waals surface area contributed by atoms with Crippen LogP contribution in [-0.2, 0) is 9.47 Å². The van der Waals surface area contributed by atoms with Crippen LogP contribution in [-0.4, -0.2) is 57.6 Å². The van der Waals surface area contributed by atoms with Gasteiger partial charge in [0.2, 0.25) is 0 Å². The summed E-state index contributed by atoms with van der Waals surface area (Å²) in [5, 5.41) is 3.37. The van der Waals surface area contributed by atoms with Crippen molar-refractivity contribution in [3.8, 4) is 0 Å². The monoisotopic (exact) mass is 244 g/mol. The van der Waals surface area contributed by atoms with Crippen LogP contribution in [0.15, 0.2) is 0 Å². The van der Waals surface area contributed by atoms with Crippen molar-refractivity contribution in [3.63, 3.8) is 0 Å². The molecular weight excluding hydrogens is 216 g/mol. The highest BCUT2D eigenvalue weighted by Crippen LogP contribution is 2.15. The van der Waals surface area contributed by atoms with E-state index < -0.39 is 0 Å². The first-order chi connectivity index (χ1) is 8.27. The molecule has 17 heavy (non-hydrogen) atoms. The fourth-order valence-corrected chi connectivity index (χ4v) is 2.38. The normalized spacial score (nSPS) is 22.2. The molecule has 0 bridgehead atoms. The van der Waals surface area contributed by atoms with Crippen molar-refractivity contribution in [2.45, 2.75) is 44.9 Å². The zero-order valence-electron chi connectivity index (χ0n) is 11.6. The van der Waals surface area contributed by atoms with Crippen molar-refractivity contribution in [1.29, 1.82) is 0 Å². The molecule has 4 heteroatoms. The lowest BCUT2D eigenvalue weighted by Gasteiger charge is -2.33. The Morgan fingerprint density at radius 2 is 2.06 bits per heavy atom. The molecule has 0 aliphatic carbocycles. The summed E-state index contributed by atoms with van der Waals surface area (Å²) < 4.78 is 10.2. The lowest BCUT2D eigenvalue weighted by atomic mass is 10.0. The topological polar surface area (TPSA) is 33.7 Å². The van der Waals surface area contributed by atoms with E-state index in [1.54, 1.807) is 14.2 Å². The molecule has 0 saturated carbocycles. The van der Waals surface area contributed by atoms with Gasteiger partial charge in [-0.1, -0.05) is 6.42 Å². The molecule has 0 radical (unpaired) electrons. The summed E-state index contributed by atoms with van der Waals surface area (Å²) in [4.78, 5) is 2.61. The van der Waals surface area contributed by atoms with Gasteiger partial charge in [-0.2, -0.15) is 0 Å². The highest BCUT2D eigenvalue weighted by molar-refractivity contribution is 4.72. The summed E-state index contributed by atoms with van der Waals surface area (Å²) in [5.41, 5.74) is 0. The molecule has 0 spiro atoms. The van der Waals surface area contributed by atoms with E-state index in [4.69, 9.17) is 9.47 Å². The van der Waals surface area contributed by atoms with E-state index in [-0.39, 0.29) is 6.29 Å². The number of rotatable bonds is 8. The fourth-order valence-electron chi connectivity index (χ4n) is 2.38. The standard InChI is InChI=1S/C13H28N2O2/c1-12-7-4-5-9-15(12)10-6-8-14-11-13(16-2)17-3/h12-14H,4-11H2,1-3H3. The van der Waals surface area contributed by atoms with Gasteiger partial charge in [-0.15, -0.1) is 0 Å². The molecule has 1 heterocycles. The summed E-state index contributed by atoms with van der Waals surface area (Å²) in [5.74, 6) is 0. The largest absolute Gasteiger partial charge is 0.355 e. The van der Waals surface area contributed by atoms with Gasteiger partial charge in [-0.05, 0) is 45.8 Å². The molecule has 1 aliphatic heterocycles. The van der Waals surface area contributed by atoms with Crippen molar-refractivity contribution < 1.29 is 9.47 Å². The molecule has 0 aromatic carbocycles. The minimum absolute atomic E-state index is 0.121. The number of ether oxygens (including phenoxy) is 2. The molecule has 0 aromatic rings. The maximum Gasteiger partial charge on any atom is 0.169 e. The van der Waals surface area contributed by atoms with Crippen molar-refractivity contribution in [3.05, 3.63) is 0 Å². The van der Waals surface area contributed by atoms with Crippen LogP contribution in [0.5, 0.6) is 0 Å². The SMILES string of the molecule is COC(CNCCCN1CCCCC1C)OC. The number of likely N-dealkylation sites (tertiary alicyclic amines) is 1. The molecule has 1 atom stereocenters. The molecule has 1 saturated heterocycles. The quantitative estimate of drug-likeness (QED) is 0.518. The zero-order valence-corrected chi connectivity index (χ0v) is 11.6. The maximum absolute atomic E-state index is 5.12. The maximum atomic E-state index is 5.12. The van der Waals surface area contributed by atoms with Crippen molar-refractivity contribution in [2.24, 2.45) is 0 Å². The number of methoxy groups -OCH3 is 2. The molecular formula is C13H28N2O2. The van der Waals surface area contributed by atoms with Crippen LogP contribution in [0.3, 0.4) is 0 Å². The van der Waals surface area contributed by atoms with E-state index >= 15 is 0 Å². The Kier molecular flexibility index (Phi) is 7.77. The van der Waals surface area contributed by atoms with Crippen molar-refractivity contribution in [1.82, 2.24) is 10.2 Å². The third kappa shape index (κ3) is 5.82. The van der Waals surface area contributed by atoms with Gasteiger partial charge in [0.1, 0.15) is 0 Å². The molecule has 0 amide bonds. The van der Waals surface area contributed by atoms with Gasteiger partial charge < -0.3 is 19.7 Å². The minimum Gasteiger partial charge on any atom is -0.355 e. The second-order valence-corrected chi connectivity index (χ2v) is 4.84. The minimum atomic E-state index is -0.121. The van der Waals surface area contributed by atoms with Crippen LogP contribution < -0.4 is 5.32 Å². The van der Waals surface area contributed by atoms with Gasteiger partial charge in [-0.3, -0.25) is 0 Å². The molecule has 4 nitrogen and oxygen atoms in total. The van der Waals surface area contributed by atoms with Gasteiger partial charge >= 0.3 is 0 Å². The van der Waals surface area contributed by atoms with E-state index in [0.717, 1.165) is 19.1 Å². The number of hydrogen-bond donors (Lipinski definition) is 1. The molecule has 1 N–H and O–H groups in total. The van der Waals surface area contributed by atoms with Crippen LogP contribution >= 0.6 is 0 Å². The molecule has 1 fully saturated rings. The van der Waals surface area contributed by atoms with E-state index in [1.165, 1.54) is 38.8 Å². The van der Waals surface area contributed by atoms with Crippen LogP contribution in [0.25, 0.3) is 0 Å². The second kappa shape index (κ2) is 8.86. The third-order valence-corrected chi connectivity index (χ3v) is 3.58. The van der Waals surface area contributed by atoms with Gasteiger partial charge in [0.15, 0.2) is 6.29 Å². The van der Waals surface area contributed by atoms with Gasteiger partial charge in [0, 0.05) is 26.8 Å². The summed E-state index contributed by atoms with van der Waals surface area (Å²) in [6, 6.07) is 0.773. The summed E-state index contributed by atoms with van der Waals surface area (Å²) in [7, 11) is 3.34. The van der Waals surface area contributed by atoms with Gasteiger partial charge in [0.25, 0.3) is 0 Å². The first-order valence-corrected chi connectivity index (χ1v) is 6.78. The van der Waals surface area contributed by atoms with Crippen LogP contribution in [0.4, 0.5) is 0 Å². The van der Waals surface area contributed by atoms with Crippen molar-refractivity contribution in [2.75, 3.05) is 40.4 Å². The molecule has 1 rings (SSSR count). The van der Waals surface area contributed by atoms with E-state index in [9.17, 15) is 0 Å². The average Bonchev–Trinajstić information content (AvgIpc) is 2.36. The highest BCUT2D eigenvalue weighted by Gasteiger charge is 2.16. The lowest BCUT2D eigenvalue weighted by Crippen LogP contribution is -2.39. The Hall–Kier alpha value is -0.160.